The fourth-order valence-corrected chi connectivity index (χ4v) is 3.11. The van der Waals surface area contributed by atoms with E-state index in [-0.39, 0.29) is 11.9 Å². The number of thioether (sulfide) groups is 1. The molecule has 0 aliphatic carbocycles. The molecule has 0 aromatic heterocycles. The molecule has 1 unspecified atom stereocenters. The molecule has 0 amide bonds. The number of carbonyl (C=O) groups excluding carboxylic acids is 1. The number of methoxy groups -OCH3 is 1. The lowest BCUT2D eigenvalue weighted by molar-refractivity contribution is -0.141. The summed E-state index contributed by atoms with van der Waals surface area (Å²) in [5.41, 5.74) is 2.29. The van der Waals surface area contributed by atoms with E-state index >= 15 is 0 Å². The van der Waals surface area contributed by atoms with Gasteiger partial charge in [0.05, 0.1) is 13.0 Å². The fourth-order valence-electron chi connectivity index (χ4n) is 2.00. The van der Waals surface area contributed by atoms with Crippen molar-refractivity contribution in [3.63, 3.8) is 0 Å². The molecule has 2 aromatic carbocycles. The molecule has 20 heavy (non-hydrogen) atoms. The second-order valence-corrected chi connectivity index (χ2v) is 5.52. The van der Waals surface area contributed by atoms with Crippen molar-refractivity contribution in [2.75, 3.05) is 12.9 Å². The standard InChI is InChI=1S/C17H18O2S/c1-19-17(18)16(15-10-6-3-7-11-15)13-20-12-14-8-4-2-5-9-14/h2-11,16H,12-13H2,1H3. The van der Waals surface area contributed by atoms with Crippen molar-refractivity contribution in [3.05, 3.63) is 71.8 Å². The van der Waals surface area contributed by atoms with Crippen molar-refractivity contribution in [1.82, 2.24) is 0 Å². The summed E-state index contributed by atoms with van der Waals surface area (Å²) >= 11 is 1.75. The van der Waals surface area contributed by atoms with Gasteiger partial charge in [0, 0.05) is 11.5 Å². The maximum atomic E-state index is 11.9. The van der Waals surface area contributed by atoms with E-state index in [0.717, 1.165) is 17.1 Å². The van der Waals surface area contributed by atoms with Crippen LogP contribution in [0, 0.1) is 0 Å². The van der Waals surface area contributed by atoms with Crippen LogP contribution < -0.4 is 0 Å². The first-order chi connectivity index (χ1) is 9.81. The minimum atomic E-state index is -0.199. The normalized spacial score (nSPS) is 11.8. The largest absolute Gasteiger partial charge is 0.469 e. The van der Waals surface area contributed by atoms with Crippen molar-refractivity contribution >= 4 is 17.7 Å². The Morgan fingerprint density at radius 2 is 1.65 bits per heavy atom. The molecular formula is C17H18O2S. The summed E-state index contributed by atoms with van der Waals surface area (Å²) < 4.78 is 4.92. The van der Waals surface area contributed by atoms with Crippen LogP contribution in [-0.2, 0) is 15.3 Å². The van der Waals surface area contributed by atoms with Gasteiger partial charge in [0.15, 0.2) is 0 Å². The van der Waals surface area contributed by atoms with Gasteiger partial charge in [0.25, 0.3) is 0 Å². The molecule has 0 fully saturated rings. The Morgan fingerprint density at radius 1 is 1.05 bits per heavy atom. The number of hydrogen-bond acceptors (Lipinski definition) is 3. The average molecular weight is 286 g/mol. The maximum absolute atomic E-state index is 11.9. The van der Waals surface area contributed by atoms with Crippen molar-refractivity contribution in [1.29, 1.82) is 0 Å². The van der Waals surface area contributed by atoms with Gasteiger partial charge in [-0.15, -0.1) is 0 Å². The summed E-state index contributed by atoms with van der Waals surface area (Å²) in [6.07, 6.45) is 0. The van der Waals surface area contributed by atoms with Crippen molar-refractivity contribution in [3.8, 4) is 0 Å². The third-order valence-electron chi connectivity index (χ3n) is 3.08. The van der Waals surface area contributed by atoms with Crippen LogP contribution in [0.3, 0.4) is 0 Å². The van der Waals surface area contributed by atoms with E-state index in [1.54, 1.807) is 11.8 Å². The highest BCUT2D eigenvalue weighted by atomic mass is 32.2. The molecule has 2 aromatic rings. The molecule has 0 saturated carbocycles. The van der Waals surface area contributed by atoms with E-state index in [1.807, 2.05) is 48.5 Å². The highest BCUT2D eigenvalue weighted by Crippen LogP contribution is 2.24. The Hall–Kier alpha value is -1.74. The second kappa shape index (κ2) is 7.75. The maximum Gasteiger partial charge on any atom is 0.313 e. The molecule has 0 bridgehead atoms. The topological polar surface area (TPSA) is 26.3 Å². The summed E-state index contributed by atoms with van der Waals surface area (Å²) in [6, 6.07) is 20.1. The molecule has 3 heteroatoms. The highest BCUT2D eigenvalue weighted by Gasteiger charge is 2.20. The molecule has 0 heterocycles. The monoisotopic (exact) mass is 286 g/mol. The van der Waals surface area contributed by atoms with E-state index in [1.165, 1.54) is 12.7 Å². The van der Waals surface area contributed by atoms with Gasteiger partial charge in [-0.1, -0.05) is 60.7 Å². The highest BCUT2D eigenvalue weighted by molar-refractivity contribution is 7.98. The number of rotatable bonds is 6. The van der Waals surface area contributed by atoms with Crippen molar-refractivity contribution < 1.29 is 9.53 Å². The summed E-state index contributed by atoms with van der Waals surface area (Å²) in [4.78, 5) is 11.9. The zero-order chi connectivity index (χ0) is 14.2. The summed E-state index contributed by atoms with van der Waals surface area (Å²) in [5, 5.41) is 0. The van der Waals surface area contributed by atoms with Gasteiger partial charge in [0.2, 0.25) is 0 Å². The molecule has 0 N–H and O–H groups in total. The number of esters is 1. The molecule has 0 saturated heterocycles. The summed E-state index contributed by atoms with van der Waals surface area (Å²) in [6.45, 7) is 0. The predicted molar refractivity (Wildman–Crippen MR) is 83.8 cm³/mol. The minimum absolute atomic E-state index is 0.170. The predicted octanol–water partition coefficient (Wildman–Crippen LogP) is 3.88. The molecule has 0 radical (unpaired) electrons. The smallest absolute Gasteiger partial charge is 0.313 e. The molecule has 2 rings (SSSR count). The van der Waals surface area contributed by atoms with Crippen LogP contribution in [0.2, 0.25) is 0 Å². The van der Waals surface area contributed by atoms with Crippen LogP contribution >= 0.6 is 11.8 Å². The Morgan fingerprint density at radius 3 is 2.25 bits per heavy atom. The summed E-state index contributed by atoms with van der Waals surface area (Å²) in [7, 11) is 1.44. The zero-order valence-electron chi connectivity index (χ0n) is 11.5. The van der Waals surface area contributed by atoms with Gasteiger partial charge >= 0.3 is 5.97 Å². The molecule has 0 aliphatic rings. The Bertz CT molecular complexity index is 525. The Labute approximate surface area is 124 Å². The lowest BCUT2D eigenvalue weighted by Crippen LogP contribution is -2.16. The van der Waals surface area contributed by atoms with E-state index in [4.69, 9.17) is 4.74 Å². The number of hydrogen-bond donors (Lipinski definition) is 0. The van der Waals surface area contributed by atoms with E-state index in [0.29, 0.717) is 0 Å². The first-order valence-electron chi connectivity index (χ1n) is 6.55. The van der Waals surface area contributed by atoms with Crippen LogP contribution in [0.25, 0.3) is 0 Å². The first kappa shape index (κ1) is 14.7. The summed E-state index contributed by atoms with van der Waals surface area (Å²) in [5.74, 6) is 1.26. The Kier molecular flexibility index (Phi) is 5.69. The van der Waals surface area contributed by atoms with Gasteiger partial charge in [-0.2, -0.15) is 11.8 Å². The van der Waals surface area contributed by atoms with Crippen molar-refractivity contribution in [2.24, 2.45) is 0 Å². The van der Waals surface area contributed by atoms with Gasteiger partial charge in [-0.3, -0.25) is 4.79 Å². The SMILES string of the molecule is COC(=O)C(CSCc1ccccc1)c1ccccc1. The van der Waals surface area contributed by atoms with Gasteiger partial charge in [0.1, 0.15) is 0 Å². The molecule has 2 nitrogen and oxygen atoms in total. The molecular weight excluding hydrogens is 268 g/mol. The van der Waals surface area contributed by atoms with Crippen LogP contribution in [0.5, 0.6) is 0 Å². The van der Waals surface area contributed by atoms with Gasteiger partial charge < -0.3 is 4.74 Å². The number of carbonyl (C=O) groups is 1. The van der Waals surface area contributed by atoms with E-state index in [2.05, 4.69) is 12.1 Å². The molecule has 0 spiro atoms. The lowest BCUT2D eigenvalue weighted by Gasteiger charge is -2.14. The quantitative estimate of drug-likeness (QED) is 0.754. The van der Waals surface area contributed by atoms with Gasteiger partial charge in [-0.05, 0) is 11.1 Å². The van der Waals surface area contributed by atoms with Crippen LogP contribution in [0.1, 0.15) is 17.0 Å². The second-order valence-electron chi connectivity index (χ2n) is 4.49. The Balaban J connectivity index is 1.97. The molecule has 0 aliphatic heterocycles. The van der Waals surface area contributed by atoms with E-state index < -0.39 is 0 Å². The van der Waals surface area contributed by atoms with Crippen molar-refractivity contribution in [2.45, 2.75) is 11.7 Å². The van der Waals surface area contributed by atoms with Crippen LogP contribution in [0.15, 0.2) is 60.7 Å². The number of ether oxygens (including phenoxy) is 1. The zero-order valence-corrected chi connectivity index (χ0v) is 12.3. The van der Waals surface area contributed by atoms with E-state index in [9.17, 15) is 4.79 Å². The lowest BCUT2D eigenvalue weighted by atomic mass is 10.0. The number of benzene rings is 2. The van der Waals surface area contributed by atoms with Crippen LogP contribution in [0.4, 0.5) is 0 Å². The third kappa shape index (κ3) is 4.14. The van der Waals surface area contributed by atoms with Crippen LogP contribution in [-0.4, -0.2) is 18.8 Å². The molecule has 1 atom stereocenters. The fraction of sp³-hybridized carbons (Fsp3) is 0.235. The average Bonchev–Trinajstić information content (AvgIpc) is 2.53. The minimum Gasteiger partial charge on any atom is -0.469 e. The van der Waals surface area contributed by atoms with Gasteiger partial charge in [-0.25, -0.2) is 0 Å². The first-order valence-corrected chi connectivity index (χ1v) is 7.71. The third-order valence-corrected chi connectivity index (χ3v) is 4.19. The molecule has 104 valence electrons.